The number of benzene rings is 1. The SMILES string of the molecule is C[C@H]1CN2C[C@@H](NC(=O)c3cccc4cccnc34)C[C@H]2CO1. The molecule has 3 heterocycles. The van der Waals surface area contributed by atoms with Crippen LogP contribution >= 0.6 is 0 Å². The van der Waals surface area contributed by atoms with Crippen molar-refractivity contribution >= 4 is 16.8 Å². The van der Waals surface area contributed by atoms with Crippen LogP contribution in [0, 0.1) is 0 Å². The van der Waals surface area contributed by atoms with Crippen LogP contribution in [0.3, 0.4) is 0 Å². The van der Waals surface area contributed by atoms with Gasteiger partial charge in [0.25, 0.3) is 5.91 Å². The van der Waals surface area contributed by atoms with E-state index >= 15 is 0 Å². The fourth-order valence-corrected chi connectivity index (χ4v) is 3.69. The van der Waals surface area contributed by atoms with Crippen molar-refractivity contribution in [3.05, 3.63) is 42.1 Å². The minimum absolute atomic E-state index is 0.0342. The smallest absolute Gasteiger partial charge is 0.253 e. The van der Waals surface area contributed by atoms with Gasteiger partial charge < -0.3 is 10.1 Å². The van der Waals surface area contributed by atoms with Gasteiger partial charge in [-0.1, -0.05) is 18.2 Å². The van der Waals surface area contributed by atoms with Crippen LogP contribution in [-0.2, 0) is 4.74 Å². The molecule has 1 aromatic heterocycles. The van der Waals surface area contributed by atoms with Gasteiger partial charge >= 0.3 is 0 Å². The Labute approximate surface area is 135 Å². The van der Waals surface area contributed by atoms with Crippen molar-refractivity contribution in [2.75, 3.05) is 19.7 Å². The molecule has 2 saturated heterocycles. The zero-order valence-corrected chi connectivity index (χ0v) is 13.2. The molecule has 2 aliphatic rings. The largest absolute Gasteiger partial charge is 0.376 e. The van der Waals surface area contributed by atoms with Gasteiger partial charge in [-0.15, -0.1) is 0 Å². The van der Waals surface area contributed by atoms with E-state index in [9.17, 15) is 4.79 Å². The van der Waals surface area contributed by atoms with Gasteiger partial charge in [0, 0.05) is 36.8 Å². The minimum Gasteiger partial charge on any atom is -0.376 e. The molecule has 2 aliphatic heterocycles. The summed E-state index contributed by atoms with van der Waals surface area (Å²) in [5.41, 5.74) is 1.41. The average Bonchev–Trinajstić information content (AvgIpc) is 2.95. The lowest BCUT2D eigenvalue weighted by molar-refractivity contribution is -0.0390. The Kier molecular flexibility index (Phi) is 3.75. The van der Waals surface area contributed by atoms with E-state index in [1.807, 2.05) is 30.3 Å². The highest BCUT2D eigenvalue weighted by Crippen LogP contribution is 2.24. The highest BCUT2D eigenvalue weighted by molar-refractivity contribution is 6.05. The first kappa shape index (κ1) is 14.6. The van der Waals surface area contributed by atoms with Crippen LogP contribution in [-0.4, -0.2) is 53.7 Å². The zero-order valence-electron chi connectivity index (χ0n) is 13.2. The number of hydrogen-bond acceptors (Lipinski definition) is 4. The Morgan fingerprint density at radius 3 is 3.09 bits per heavy atom. The number of morpholine rings is 1. The molecule has 1 amide bonds. The van der Waals surface area contributed by atoms with E-state index in [0.29, 0.717) is 11.6 Å². The molecule has 23 heavy (non-hydrogen) atoms. The summed E-state index contributed by atoms with van der Waals surface area (Å²) >= 11 is 0. The van der Waals surface area contributed by atoms with E-state index < -0.39 is 0 Å². The molecular weight excluding hydrogens is 290 g/mol. The molecular formula is C18H21N3O2. The number of ether oxygens (including phenoxy) is 1. The van der Waals surface area contributed by atoms with Crippen LogP contribution in [0.25, 0.3) is 10.9 Å². The number of fused-ring (bicyclic) bond motifs is 2. The van der Waals surface area contributed by atoms with E-state index in [1.54, 1.807) is 6.20 Å². The van der Waals surface area contributed by atoms with Crippen LogP contribution in [0.4, 0.5) is 0 Å². The lowest BCUT2D eigenvalue weighted by Crippen LogP contribution is -2.45. The number of rotatable bonds is 2. The number of pyridine rings is 1. The molecule has 0 radical (unpaired) electrons. The van der Waals surface area contributed by atoms with Crippen molar-refractivity contribution in [2.45, 2.75) is 31.5 Å². The number of carbonyl (C=O) groups excluding carboxylic acids is 1. The zero-order chi connectivity index (χ0) is 15.8. The molecule has 4 rings (SSSR count). The van der Waals surface area contributed by atoms with E-state index in [0.717, 1.165) is 37.0 Å². The Morgan fingerprint density at radius 1 is 1.30 bits per heavy atom. The topological polar surface area (TPSA) is 54.5 Å². The molecule has 0 aliphatic carbocycles. The van der Waals surface area contributed by atoms with Gasteiger partial charge in [-0.2, -0.15) is 0 Å². The first-order chi connectivity index (χ1) is 11.2. The standard InChI is InChI=1S/C18H21N3O2/c1-12-9-21-10-14(8-15(21)11-23-12)20-18(22)16-6-2-4-13-5-3-7-19-17(13)16/h2-7,12,14-15H,8-11H2,1H3,(H,20,22)/t12-,14-,15-/m0/s1. The maximum Gasteiger partial charge on any atom is 0.253 e. The summed E-state index contributed by atoms with van der Waals surface area (Å²) in [6.45, 7) is 4.72. The molecule has 5 heteroatoms. The van der Waals surface area contributed by atoms with Gasteiger partial charge in [-0.05, 0) is 25.5 Å². The van der Waals surface area contributed by atoms with Gasteiger partial charge in [-0.3, -0.25) is 14.7 Å². The lowest BCUT2D eigenvalue weighted by atomic mass is 10.1. The van der Waals surface area contributed by atoms with Crippen LogP contribution in [0.5, 0.6) is 0 Å². The van der Waals surface area contributed by atoms with E-state index in [-0.39, 0.29) is 18.1 Å². The van der Waals surface area contributed by atoms with Crippen molar-refractivity contribution < 1.29 is 9.53 Å². The Bertz CT molecular complexity index is 728. The second-order valence-electron chi connectivity index (χ2n) is 6.54. The van der Waals surface area contributed by atoms with Crippen molar-refractivity contribution in [2.24, 2.45) is 0 Å². The van der Waals surface area contributed by atoms with Gasteiger partial charge in [0.2, 0.25) is 0 Å². The molecule has 2 fully saturated rings. The fourth-order valence-electron chi connectivity index (χ4n) is 3.69. The minimum atomic E-state index is -0.0342. The predicted molar refractivity (Wildman–Crippen MR) is 88.4 cm³/mol. The first-order valence-corrected chi connectivity index (χ1v) is 8.21. The molecule has 1 aromatic carbocycles. The number of aromatic nitrogens is 1. The quantitative estimate of drug-likeness (QED) is 0.919. The monoisotopic (exact) mass is 311 g/mol. The second kappa shape index (κ2) is 5.91. The molecule has 0 unspecified atom stereocenters. The van der Waals surface area contributed by atoms with Crippen LogP contribution in [0.1, 0.15) is 23.7 Å². The van der Waals surface area contributed by atoms with Crippen LogP contribution in [0.2, 0.25) is 0 Å². The van der Waals surface area contributed by atoms with Crippen LogP contribution in [0.15, 0.2) is 36.5 Å². The number of nitrogens with one attached hydrogen (secondary N) is 1. The van der Waals surface area contributed by atoms with Crippen molar-refractivity contribution in [1.29, 1.82) is 0 Å². The maximum atomic E-state index is 12.7. The maximum absolute atomic E-state index is 12.7. The van der Waals surface area contributed by atoms with Crippen molar-refractivity contribution in [3.8, 4) is 0 Å². The Balaban J connectivity index is 1.50. The van der Waals surface area contributed by atoms with Gasteiger partial charge in [0.05, 0.1) is 23.8 Å². The molecule has 0 bridgehead atoms. The second-order valence-corrected chi connectivity index (χ2v) is 6.54. The van der Waals surface area contributed by atoms with Gasteiger partial charge in [-0.25, -0.2) is 0 Å². The lowest BCUT2D eigenvalue weighted by Gasteiger charge is -2.33. The van der Waals surface area contributed by atoms with E-state index in [1.165, 1.54) is 0 Å². The van der Waals surface area contributed by atoms with Crippen molar-refractivity contribution in [3.63, 3.8) is 0 Å². The number of para-hydroxylation sites is 1. The molecule has 120 valence electrons. The summed E-state index contributed by atoms with van der Waals surface area (Å²) in [5, 5.41) is 4.17. The highest BCUT2D eigenvalue weighted by atomic mass is 16.5. The third-order valence-electron chi connectivity index (χ3n) is 4.81. The van der Waals surface area contributed by atoms with E-state index in [4.69, 9.17) is 4.74 Å². The van der Waals surface area contributed by atoms with Crippen LogP contribution < -0.4 is 5.32 Å². The number of hydrogen-bond donors (Lipinski definition) is 1. The number of nitrogens with zero attached hydrogens (tertiary/aromatic N) is 2. The number of carbonyl (C=O) groups is 1. The first-order valence-electron chi connectivity index (χ1n) is 8.21. The van der Waals surface area contributed by atoms with Crippen molar-refractivity contribution in [1.82, 2.24) is 15.2 Å². The molecule has 2 aromatic rings. The summed E-state index contributed by atoms with van der Waals surface area (Å²) in [5.74, 6) is -0.0342. The molecule has 1 N–H and O–H groups in total. The molecule has 3 atom stereocenters. The molecule has 0 saturated carbocycles. The fraction of sp³-hybridized carbons (Fsp3) is 0.444. The Hall–Kier alpha value is -1.98. The normalized spacial score (nSPS) is 27.8. The summed E-state index contributed by atoms with van der Waals surface area (Å²) < 4.78 is 5.72. The number of amides is 1. The van der Waals surface area contributed by atoms with Gasteiger partial charge in [0.1, 0.15) is 0 Å². The van der Waals surface area contributed by atoms with Gasteiger partial charge in [0.15, 0.2) is 0 Å². The Morgan fingerprint density at radius 2 is 2.17 bits per heavy atom. The average molecular weight is 311 g/mol. The third kappa shape index (κ3) is 2.82. The molecule has 5 nitrogen and oxygen atoms in total. The highest BCUT2D eigenvalue weighted by Gasteiger charge is 2.36. The summed E-state index contributed by atoms with van der Waals surface area (Å²) in [6, 6.07) is 10.2. The predicted octanol–water partition coefficient (Wildman–Crippen LogP) is 1.83. The third-order valence-corrected chi connectivity index (χ3v) is 4.81. The summed E-state index contributed by atoms with van der Waals surface area (Å²) in [4.78, 5) is 19.5. The molecule has 0 spiro atoms. The summed E-state index contributed by atoms with van der Waals surface area (Å²) in [7, 11) is 0. The van der Waals surface area contributed by atoms with E-state index in [2.05, 4.69) is 22.1 Å². The summed E-state index contributed by atoms with van der Waals surface area (Å²) in [6.07, 6.45) is 2.97.